The van der Waals surface area contributed by atoms with Crippen LogP contribution >= 0.6 is 23.2 Å². The highest BCUT2D eigenvalue weighted by Crippen LogP contribution is 2.43. The molecule has 3 atom stereocenters. The van der Waals surface area contributed by atoms with Crippen LogP contribution in [-0.2, 0) is 16.1 Å². The van der Waals surface area contributed by atoms with Gasteiger partial charge in [-0.15, -0.1) is 0 Å². The molecule has 3 aliphatic rings. The number of rotatable bonds is 11. The number of halogens is 2. The molecule has 0 saturated carbocycles. The van der Waals surface area contributed by atoms with Crippen LogP contribution in [0.5, 0.6) is 5.88 Å². The summed E-state index contributed by atoms with van der Waals surface area (Å²) in [5.41, 5.74) is 6.70. The van der Waals surface area contributed by atoms with Crippen molar-refractivity contribution in [2.24, 2.45) is 0 Å². The van der Waals surface area contributed by atoms with Crippen molar-refractivity contribution in [3.05, 3.63) is 81.8 Å². The summed E-state index contributed by atoms with van der Waals surface area (Å²) in [6.45, 7) is 2.84. The van der Waals surface area contributed by atoms with Gasteiger partial charge < -0.3 is 30.9 Å². The van der Waals surface area contributed by atoms with E-state index in [1.807, 2.05) is 54.6 Å². The molecular weight excluding hydrogens is 673 g/mol. The Hall–Kier alpha value is -4.22. The van der Waals surface area contributed by atoms with Gasteiger partial charge in [0.15, 0.2) is 0 Å². The molecule has 2 amide bonds. The number of fused-ring (bicyclic) bond motifs is 1. The molecule has 7 rings (SSSR count). The van der Waals surface area contributed by atoms with Crippen molar-refractivity contribution in [1.82, 2.24) is 31.2 Å². The number of hydrogen-bond donors (Lipinski definition) is 4. The number of hydrogen-bond acceptors (Lipinski definition) is 8. The van der Waals surface area contributed by atoms with Crippen LogP contribution in [0.3, 0.4) is 0 Å². The number of pyridine rings is 2. The number of nitrogens with zero attached hydrogens (tertiary/aromatic N) is 3. The second kappa shape index (κ2) is 14.9. The maximum absolute atomic E-state index is 11.7. The van der Waals surface area contributed by atoms with E-state index in [9.17, 15) is 9.59 Å². The Balaban J connectivity index is 1.12. The summed E-state index contributed by atoms with van der Waals surface area (Å²) in [6, 6.07) is 20.4. The number of benzene rings is 2. The molecule has 3 aliphatic heterocycles. The molecule has 0 aliphatic carbocycles. The maximum Gasteiger partial charge on any atom is 0.220 e. The molecule has 5 heterocycles. The van der Waals surface area contributed by atoms with Crippen LogP contribution in [0.1, 0.15) is 49.3 Å². The molecule has 50 heavy (non-hydrogen) atoms. The van der Waals surface area contributed by atoms with Crippen molar-refractivity contribution < 1.29 is 14.3 Å². The third-order valence-corrected chi connectivity index (χ3v) is 10.7. The Morgan fingerprint density at radius 1 is 0.800 bits per heavy atom. The standard InChI is InChI=1S/C38H41Cl2N7O3/c1-47-18-17-30(42-21-24-11-16-34(49)44-24)29-12-14-31(45-37(29)47)27-7-3-5-25(35(27)39)26-6-4-8-28(36(26)40)32-13-9-22(38(46-32)50-2)19-41-20-23-10-15-33(48)43-23/h3-9,12-14,23-24,30,41-42H,10-11,15-21H2,1-2H3,(H,43,48)(H,44,49)/t23?,24-,30?/m0/s1. The SMILES string of the molecule is COc1nc(-c2cccc(-c3cccc(-c4ccc5c(n4)N(C)CCC5NC[C@@H]4CCC(=O)N4)c3Cl)c2Cl)ccc1CNCC1CCC(=O)N1. The summed E-state index contributed by atoms with van der Waals surface area (Å²) < 4.78 is 5.67. The van der Waals surface area contributed by atoms with Crippen LogP contribution in [0.2, 0.25) is 10.0 Å². The Morgan fingerprint density at radius 2 is 1.40 bits per heavy atom. The summed E-state index contributed by atoms with van der Waals surface area (Å²) in [4.78, 5) is 35.3. The lowest BCUT2D eigenvalue weighted by Crippen LogP contribution is -2.40. The Morgan fingerprint density at radius 3 is 2.02 bits per heavy atom. The second-order valence-corrected chi connectivity index (χ2v) is 14.0. The molecule has 10 nitrogen and oxygen atoms in total. The van der Waals surface area contributed by atoms with Crippen molar-refractivity contribution in [3.63, 3.8) is 0 Å². The largest absolute Gasteiger partial charge is 0.481 e. The molecule has 260 valence electrons. The number of methoxy groups -OCH3 is 1. The summed E-state index contributed by atoms with van der Waals surface area (Å²) in [6.07, 6.45) is 3.83. The van der Waals surface area contributed by atoms with Crippen LogP contribution in [0.4, 0.5) is 5.82 Å². The first kappa shape index (κ1) is 34.2. The number of aromatic nitrogens is 2. The zero-order valence-electron chi connectivity index (χ0n) is 28.2. The topological polar surface area (TPSA) is 121 Å². The van der Waals surface area contributed by atoms with E-state index in [2.05, 4.69) is 39.3 Å². The first-order valence-electron chi connectivity index (χ1n) is 17.2. The highest BCUT2D eigenvalue weighted by atomic mass is 35.5. The number of amides is 2. The molecule has 0 bridgehead atoms. The van der Waals surface area contributed by atoms with Crippen molar-refractivity contribution in [2.45, 2.75) is 56.8 Å². The van der Waals surface area contributed by atoms with Gasteiger partial charge in [-0.1, -0.05) is 71.7 Å². The number of carbonyl (C=O) groups excluding carboxylic acids is 2. The molecule has 2 aromatic heterocycles. The van der Waals surface area contributed by atoms with Gasteiger partial charge in [0, 0.05) is 97.6 Å². The normalized spacial score (nSPS) is 20.1. The number of nitrogens with one attached hydrogen (secondary N) is 4. The van der Waals surface area contributed by atoms with Crippen LogP contribution in [0.15, 0.2) is 60.7 Å². The van der Waals surface area contributed by atoms with Crippen molar-refractivity contribution >= 4 is 40.8 Å². The number of anilines is 1. The molecule has 2 aromatic carbocycles. The zero-order chi connectivity index (χ0) is 34.8. The molecule has 4 N–H and O–H groups in total. The summed E-state index contributed by atoms with van der Waals surface area (Å²) in [5.74, 6) is 1.67. The fourth-order valence-electron chi connectivity index (χ4n) is 7.12. The van der Waals surface area contributed by atoms with Gasteiger partial charge in [0.1, 0.15) is 5.82 Å². The lowest BCUT2D eigenvalue weighted by Gasteiger charge is -2.33. The smallest absolute Gasteiger partial charge is 0.220 e. The molecule has 12 heteroatoms. The van der Waals surface area contributed by atoms with Crippen LogP contribution in [0.25, 0.3) is 33.6 Å². The number of carbonyl (C=O) groups is 2. The summed E-state index contributed by atoms with van der Waals surface area (Å²) >= 11 is 14.3. The molecule has 4 aromatic rings. The van der Waals surface area contributed by atoms with Gasteiger partial charge in [0.25, 0.3) is 0 Å². The van der Waals surface area contributed by atoms with Gasteiger partial charge in [-0.25, -0.2) is 9.97 Å². The number of ether oxygens (including phenoxy) is 1. The highest BCUT2D eigenvalue weighted by Gasteiger charge is 2.28. The van der Waals surface area contributed by atoms with Crippen LogP contribution < -0.4 is 30.9 Å². The molecule has 2 unspecified atom stereocenters. The van der Waals surface area contributed by atoms with Crippen LogP contribution in [-0.4, -0.2) is 67.7 Å². The third kappa shape index (κ3) is 7.16. The lowest BCUT2D eigenvalue weighted by atomic mass is 9.96. The predicted octanol–water partition coefficient (Wildman–Crippen LogP) is 5.91. The lowest BCUT2D eigenvalue weighted by molar-refractivity contribution is -0.120. The molecule has 2 saturated heterocycles. The highest BCUT2D eigenvalue weighted by molar-refractivity contribution is 6.39. The van der Waals surface area contributed by atoms with E-state index < -0.39 is 0 Å². The van der Waals surface area contributed by atoms with E-state index >= 15 is 0 Å². The first-order chi connectivity index (χ1) is 24.3. The summed E-state index contributed by atoms with van der Waals surface area (Å²) in [5, 5.41) is 14.2. The van der Waals surface area contributed by atoms with Crippen molar-refractivity contribution in [1.29, 1.82) is 0 Å². The van der Waals surface area contributed by atoms with Gasteiger partial charge in [-0.2, -0.15) is 0 Å². The summed E-state index contributed by atoms with van der Waals surface area (Å²) in [7, 11) is 3.67. The van der Waals surface area contributed by atoms with Crippen LogP contribution in [0, 0.1) is 0 Å². The minimum atomic E-state index is 0.103. The average Bonchev–Trinajstić information content (AvgIpc) is 3.75. The minimum absolute atomic E-state index is 0.103. The molecule has 2 fully saturated rings. The minimum Gasteiger partial charge on any atom is -0.481 e. The average molecular weight is 715 g/mol. The van der Waals surface area contributed by atoms with E-state index in [4.69, 9.17) is 37.9 Å². The zero-order valence-corrected chi connectivity index (χ0v) is 29.7. The first-order valence-corrected chi connectivity index (χ1v) is 17.9. The monoisotopic (exact) mass is 713 g/mol. The molecule has 0 radical (unpaired) electrons. The molecular formula is C38H41Cl2N7O3. The van der Waals surface area contributed by atoms with Crippen molar-refractivity contribution in [3.8, 4) is 39.5 Å². The van der Waals surface area contributed by atoms with E-state index in [0.717, 1.165) is 77.2 Å². The quantitative estimate of drug-likeness (QED) is 0.152. The van der Waals surface area contributed by atoms with Gasteiger partial charge in [0.05, 0.1) is 28.5 Å². The van der Waals surface area contributed by atoms with E-state index in [1.54, 1.807) is 7.11 Å². The fourth-order valence-corrected chi connectivity index (χ4v) is 7.76. The third-order valence-electron chi connectivity index (χ3n) is 9.85. The van der Waals surface area contributed by atoms with E-state index in [1.165, 1.54) is 0 Å². The van der Waals surface area contributed by atoms with Gasteiger partial charge in [-0.3, -0.25) is 9.59 Å². The Bertz CT molecular complexity index is 1920. The van der Waals surface area contributed by atoms with E-state index in [-0.39, 0.29) is 29.9 Å². The van der Waals surface area contributed by atoms with E-state index in [0.29, 0.717) is 47.6 Å². The van der Waals surface area contributed by atoms with Gasteiger partial charge >= 0.3 is 0 Å². The Labute approximate surface area is 302 Å². The fraction of sp³-hybridized carbons (Fsp3) is 0.368. The van der Waals surface area contributed by atoms with Crippen molar-refractivity contribution in [2.75, 3.05) is 38.7 Å². The second-order valence-electron chi connectivity index (χ2n) is 13.2. The Kier molecular flexibility index (Phi) is 10.2. The van der Waals surface area contributed by atoms with Gasteiger partial charge in [0.2, 0.25) is 17.7 Å². The van der Waals surface area contributed by atoms with Gasteiger partial charge in [-0.05, 0) is 31.4 Å². The maximum atomic E-state index is 11.7. The predicted molar refractivity (Wildman–Crippen MR) is 198 cm³/mol. The molecule has 0 spiro atoms.